The molecule has 2 N–H and O–H groups in total. The van der Waals surface area contributed by atoms with Crippen molar-refractivity contribution in [1.29, 1.82) is 0 Å². The van der Waals surface area contributed by atoms with Crippen molar-refractivity contribution < 1.29 is 27.4 Å². The van der Waals surface area contributed by atoms with Crippen LogP contribution >= 0.6 is 0 Å². The van der Waals surface area contributed by atoms with Crippen LogP contribution in [-0.4, -0.2) is 48.2 Å². The summed E-state index contributed by atoms with van der Waals surface area (Å²) in [6.45, 7) is 3.62. The van der Waals surface area contributed by atoms with Crippen LogP contribution in [0.4, 0.5) is 5.69 Å². The molecule has 0 saturated heterocycles. The molecule has 0 aromatic heterocycles. The lowest BCUT2D eigenvalue weighted by molar-refractivity contribution is -0.119. The van der Waals surface area contributed by atoms with Gasteiger partial charge in [0, 0.05) is 18.2 Å². The third-order valence-corrected chi connectivity index (χ3v) is 5.82. The third-order valence-electron chi connectivity index (χ3n) is 4.03. The van der Waals surface area contributed by atoms with E-state index in [1.165, 1.54) is 45.6 Å². The van der Waals surface area contributed by atoms with E-state index in [4.69, 9.17) is 14.2 Å². The number of hydrogen-bond donors (Lipinski definition) is 2. The molecule has 0 aliphatic carbocycles. The first-order chi connectivity index (χ1) is 13.7. The maximum Gasteiger partial charge on any atom is 0.239 e. The Balaban J connectivity index is 2.46. The Morgan fingerprint density at radius 1 is 0.966 bits per heavy atom. The molecule has 0 heterocycles. The molecule has 2 aromatic carbocycles. The topological polar surface area (TPSA) is 103 Å². The Morgan fingerprint density at radius 2 is 1.66 bits per heavy atom. The van der Waals surface area contributed by atoms with Crippen molar-refractivity contribution in [3.63, 3.8) is 0 Å². The first kappa shape index (κ1) is 22.4. The molecule has 1 amide bonds. The highest BCUT2D eigenvalue weighted by Gasteiger charge is 2.24. The number of carbonyl (C=O) groups is 1. The van der Waals surface area contributed by atoms with Crippen molar-refractivity contribution in [2.24, 2.45) is 0 Å². The van der Waals surface area contributed by atoms with Gasteiger partial charge in [-0.05, 0) is 38.1 Å². The van der Waals surface area contributed by atoms with Crippen LogP contribution in [0.1, 0.15) is 13.8 Å². The molecule has 0 atom stereocenters. The predicted octanol–water partition coefficient (Wildman–Crippen LogP) is 2.48. The summed E-state index contributed by atoms with van der Waals surface area (Å²) in [4.78, 5) is 12.0. The number of amides is 1. The predicted molar refractivity (Wildman–Crippen MR) is 110 cm³/mol. The van der Waals surface area contributed by atoms with E-state index in [-0.39, 0.29) is 28.3 Å². The summed E-state index contributed by atoms with van der Waals surface area (Å²) in [5.74, 6) is 0.842. The van der Waals surface area contributed by atoms with E-state index in [2.05, 4.69) is 10.6 Å². The summed E-state index contributed by atoms with van der Waals surface area (Å²) in [7, 11) is 0.410. The summed E-state index contributed by atoms with van der Waals surface area (Å²) in [6, 6.07) is 8.93. The zero-order chi connectivity index (χ0) is 21.6. The molecule has 0 unspecified atom stereocenters. The molecule has 2 aromatic rings. The van der Waals surface area contributed by atoms with Crippen LogP contribution in [0.5, 0.6) is 17.2 Å². The van der Waals surface area contributed by atoms with Crippen molar-refractivity contribution in [3.8, 4) is 17.2 Å². The van der Waals surface area contributed by atoms with E-state index in [9.17, 15) is 13.2 Å². The van der Waals surface area contributed by atoms with Gasteiger partial charge in [0.2, 0.25) is 15.7 Å². The van der Waals surface area contributed by atoms with Gasteiger partial charge in [0.1, 0.15) is 5.75 Å². The van der Waals surface area contributed by atoms with Gasteiger partial charge in [-0.1, -0.05) is 0 Å². The lowest BCUT2D eigenvalue weighted by Gasteiger charge is -2.16. The van der Waals surface area contributed by atoms with Crippen LogP contribution in [-0.2, 0) is 14.6 Å². The Labute approximate surface area is 171 Å². The minimum atomic E-state index is -3.94. The average Bonchev–Trinajstić information content (AvgIpc) is 2.70. The lowest BCUT2D eigenvalue weighted by Crippen LogP contribution is -2.35. The molecular weight excluding hydrogens is 396 g/mol. The molecule has 0 bridgehead atoms. The molecule has 0 aliphatic heterocycles. The highest BCUT2D eigenvalue weighted by Crippen LogP contribution is 2.35. The quantitative estimate of drug-likeness (QED) is 0.640. The second-order valence-electron chi connectivity index (χ2n) is 6.46. The molecule has 0 radical (unpaired) electrons. The first-order valence-electron chi connectivity index (χ1n) is 8.91. The van der Waals surface area contributed by atoms with Crippen LogP contribution in [0.3, 0.4) is 0 Å². The number of carbonyl (C=O) groups excluding carboxylic acids is 1. The Hall–Kier alpha value is -2.94. The standard InChI is InChI=1S/C20H26N2O6S/c1-13(2)22-20(23)12-21-16-8-6-14(26-3)10-19(16)29(24,25)15-7-9-17(27-4)18(11-15)28-5/h6-11,13,21H,12H2,1-5H3,(H,22,23). The van der Waals surface area contributed by atoms with E-state index in [0.29, 0.717) is 22.9 Å². The van der Waals surface area contributed by atoms with Gasteiger partial charge in [0.15, 0.2) is 11.5 Å². The molecule has 9 heteroatoms. The van der Waals surface area contributed by atoms with Crippen molar-refractivity contribution in [3.05, 3.63) is 36.4 Å². The summed E-state index contributed by atoms with van der Waals surface area (Å²) in [5.41, 5.74) is 0.291. The van der Waals surface area contributed by atoms with Crippen LogP contribution in [0.25, 0.3) is 0 Å². The summed E-state index contributed by atoms with van der Waals surface area (Å²) >= 11 is 0. The van der Waals surface area contributed by atoms with Crippen molar-refractivity contribution in [2.75, 3.05) is 33.2 Å². The molecule has 0 spiro atoms. The van der Waals surface area contributed by atoms with Crippen molar-refractivity contribution in [1.82, 2.24) is 5.32 Å². The highest BCUT2D eigenvalue weighted by molar-refractivity contribution is 7.91. The second kappa shape index (κ2) is 9.51. The van der Waals surface area contributed by atoms with E-state index in [1.807, 2.05) is 13.8 Å². The molecule has 0 saturated carbocycles. The summed E-state index contributed by atoms with van der Waals surface area (Å²) < 4.78 is 42.2. The number of nitrogens with one attached hydrogen (secondary N) is 2. The number of methoxy groups -OCH3 is 3. The lowest BCUT2D eigenvalue weighted by atomic mass is 10.3. The zero-order valence-electron chi connectivity index (χ0n) is 17.1. The van der Waals surface area contributed by atoms with Crippen LogP contribution in [0, 0.1) is 0 Å². The van der Waals surface area contributed by atoms with E-state index < -0.39 is 9.84 Å². The number of anilines is 1. The van der Waals surface area contributed by atoms with Crippen molar-refractivity contribution in [2.45, 2.75) is 29.7 Å². The number of ether oxygens (including phenoxy) is 3. The SMILES string of the molecule is COc1ccc(NCC(=O)NC(C)C)c(S(=O)(=O)c2ccc(OC)c(OC)c2)c1. The molecule has 0 aliphatic rings. The van der Waals surface area contributed by atoms with Gasteiger partial charge in [0.05, 0.1) is 43.4 Å². The highest BCUT2D eigenvalue weighted by atomic mass is 32.2. The second-order valence-corrected chi connectivity index (χ2v) is 8.38. The van der Waals surface area contributed by atoms with Crippen LogP contribution < -0.4 is 24.8 Å². The largest absolute Gasteiger partial charge is 0.497 e. The smallest absolute Gasteiger partial charge is 0.239 e. The fourth-order valence-corrected chi connectivity index (χ4v) is 4.12. The van der Waals surface area contributed by atoms with Gasteiger partial charge in [-0.25, -0.2) is 8.42 Å². The molecule has 2 rings (SSSR count). The number of sulfone groups is 1. The Kier molecular flexibility index (Phi) is 7.33. The van der Waals surface area contributed by atoms with E-state index in [1.54, 1.807) is 12.1 Å². The monoisotopic (exact) mass is 422 g/mol. The summed E-state index contributed by atoms with van der Waals surface area (Å²) in [6.07, 6.45) is 0. The average molecular weight is 423 g/mol. The molecular formula is C20H26N2O6S. The van der Waals surface area contributed by atoms with Gasteiger partial charge < -0.3 is 24.8 Å². The van der Waals surface area contributed by atoms with Crippen molar-refractivity contribution >= 4 is 21.4 Å². The van der Waals surface area contributed by atoms with Gasteiger partial charge in [-0.3, -0.25) is 4.79 Å². The first-order valence-corrected chi connectivity index (χ1v) is 10.4. The maximum absolute atomic E-state index is 13.3. The zero-order valence-corrected chi connectivity index (χ0v) is 17.9. The van der Waals surface area contributed by atoms with Gasteiger partial charge in [0.25, 0.3) is 0 Å². The maximum atomic E-state index is 13.3. The molecule has 0 fully saturated rings. The Morgan fingerprint density at radius 3 is 2.24 bits per heavy atom. The van der Waals surface area contributed by atoms with Gasteiger partial charge in [-0.15, -0.1) is 0 Å². The minimum absolute atomic E-state index is 0.0126. The molecule has 29 heavy (non-hydrogen) atoms. The normalized spacial score (nSPS) is 11.1. The third kappa shape index (κ3) is 5.32. The van der Waals surface area contributed by atoms with Crippen LogP contribution in [0.2, 0.25) is 0 Å². The Bertz CT molecular complexity index is 973. The number of rotatable bonds is 9. The fourth-order valence-electron chi connectivity index (χ4n) is 2.66. The molecule has 158 valence electrons. The fraction of sp³-hybridized carbons (Fsp3) is 0.350. The minimum Gasteiger partial charge on any atom is -0.497 e. The van der Waals surface area contributed by atoms with Crippen LogP contribution in [0.15, 0.2) is 46.2 Å². The van der Waals surface area contributed by atoms with E-state index in [0.717, 1.165) is 0 Å². The summed E-state index contributed by atoms with van der Waals surface area (Å²) in [5, 5.41) is 5.64. The molecule has 8 nitrogen and oxygen atoms in total. The van der Waals surface area contributed by atoms with Gasteiger partial charge in [-0.2, -0.15) is 0 Å². The number of benzene rings is 2. The van der Waals surface area contributed by atoms with Gasteiger partial charge >= 0.3 is 0 Å². The number of hydrogen-bond acceptors (Lipinski definition) is 7. The van der Waals surface area contributed by atoms with E-state index >= 15 is 0 Å².